The van der Waals surface area contributed by atoms with Crippen molar-refractivity contribution in [3.8, 4) is 0 Å². The van der Waals surface area contributed by atoms with Gasteiger partial charge < -0.3 is 41.7 Å². The summed E-state index contributed by atoms with van der Waals surface area (Å²) < 4.78 is 0. The molecule has 388 valence electrons. The van der Waals surface area contributed by atoms with Crippen molar-refractivity contribution in [2.75, 3.05) is 65.4 Å². The highest BCUT2D eigenvalue weighted by Gasteiger charge is 2.34. The smallest absolute Gasteiger partial charge is 0.251 e. The molecule has 0 aliphatic carbocycles. The third kappa shape index (κ3) is 16.3. The maximum absolute atomic E-state index is 13.7. The van der Waals surface area contributed by atoms with Crippen molar-refractivity contribution >= 4 is 68.4 Å². The number of amides is 4. The largest absolute Gasteiger partial charge is 0.350 e. The molecule has 3 fully saturated rings. The highest BCUT2D eigenvalue weighted by atomic mass is 35.5. The van der Waals surface area contributed by atoms with E-state index < -0.39 is 0 Å². The molecule has 4 amide bonds. The van der Waals surface area contributed by atoms with Crippen molar-refractivity contribution in [3.05, 3.63) is 94.0 Å². The molecule has 0 saturated carbocycles. The molecule has 7 rings (SSSR count). The molecular weight excluding hydrogens is 932 g/mol. The lowest BCUT2D eigenvalue weighted by atomic mass is 9.92. The van der Waals surface area contributed by atoms with Gasteiger partial charge in [0.2, 0.25) is 11.8 Å². The van der Waals surface area contributed by atoms with Crippen molar-refractivity contribution in [1.29, 1.82) is 0 Å². The van der Waals surface area contributed by atoms with Crippen LogP contribution < -0.4 is 27.0 Å². The molecule has 6 N–H and O–H groups in total. The van der Waals surface area contributed by atoms with Gasteiger partial charge in [0.05, 0.1) is 12.1 Å². The molecule has 12 nitrogen and oxygen atoms in total. The molecule has 0 bridgehead atoms. The molecule has 0 unspecified atom stereocenters. The van der Waals surface area contributed by atoms with E-state index in [4.69, 9.17) is 28.9 Å². The first kappa shape index (κ1) is 56.0. The minimum Gasteiger partial charge on any atom is -0.350 e. The number of hydrogen-bond acceptors (Lipinski definition) is 8. The Morgan fingerprint density at radius 3 is 1.46 bits per heavy atom. The van der Waals surface area contributed by atoms with E-state index in [-0.39, 0.29) is 47.8 Å². The van der Waals surface area contributed by atoms with E-state index in [1.165, 1.54) is 19.3 Å². The number of nitrogens with zero attached hydrogens (tertiary/aromatic N) is 3. The van der Waals surface area contributed by atoms with Gasteiger partial charge in [-0.3, -0.25) is 19.2 Å². The summed E-state index contributed by atoms with van der Waals surface area (Å²) in [5.74, 6) is 2.19. The first-order valence-electron chi connectivity index (χ1n) is 26.6. The number of fused-ring (bicyclic) bond motifs is 2. The fourth-order valence-corrected chi connectivity index (χ4v) is 10.8. The van der Waals surface area contributed by atoms with Gasteiger partial charge in [0.25, 0.3) is 11.8 Å². The van der Waals surface area contributed by atoms with Crippen LogP contribution in [0.2, 0.25) is 10.0 Å². The van der Waals surface area contributed by atoms with Gasteiger partial charge in [-0.2, -0.15) is 0 Å². The number of nitrogens with two attached hydrogens (primary N) is 1. The molecule has 4 aromatic carbocycles. The Hall–Kier alpha value is -4.30. The van der Waals surface area contributed by atoms with E-state index in [2.05, 4.69) is 72.6 Å². The maximum atomic E-state index is 13.7. The second-order valence-corrected chi connectivity index (χ2v) is 21.8. The molecule has 0 radical (unpaired) electrons. The minimum atomic E-state index is -0.311. The summed E-state index contributed by atoms with van der Waals surface area (Å²) in [4.78, 5) is 59.3. The number of nitrogens with one attached hydrogen (secondary N) is 4. The number of carbonyl (C=O) groups excluding carboxylic acids is 4. The van der Waals surface area contributed by atoms with Crippen LogP contribution in [0, 0.1) is 23.7 Å². The summed E-state index contributed by atoms with van der Waals surface area (Å²) in [5.41, 5.74) is 7.05. The number of piperidine rings is 1. The number of carbonyl (C=O) groups is 4. The quantitative estimate of drug-likeness (QED) is 0.0624. The number of likely N-dealkylation sites (tertiary alicyclic amines) is 1. The van der Waals surface area contributed by atoms with Crippen LogP contribution in [-0.2, 0) is 9.59 Å². The van der Waals surface area contributed by atoms with Crippen LogP contribution in [-0.4, -0.2) is 128 Å². The molecule has 3 saturated heterocycles. The van der Waals surface area contributed by atoms with Crippen LogP contribution in [0.1, 0.15) is 120 Å². The summed E-state index contributed by atoms with van der Waals surface area (Å²) in [6, 6.07) is 22.1. The number of halogens is 2. The number of benzene rings is 4. The Bertz CT molecular complexity index is 2380. The zero-order valence-electron chi connectivity index (χ0n) is 43.3. The van der Waals surface area contributed by atoms with E-state index in [1.54, 1.807) is 0 Å². The summed E-state index contributed by atoms with van der Waals surface area (Å²) in [7, 11) is 0. The molecule has 3 aliphatic heterocycles. The van der Waals surface area contributed by atoms with Crippen LogP contribution >= 0.6 is 23.2 Å². The lowest BCUT2D eigenvalue weighted by molar-refractivity contribution is -0.134. The fraction of sp³-hybridized carbons (Fsp3) is 0.579. The molecule has 0 aromatic heterocycles. The fourth-order valence-electron chi connectivity index (χ4n) is 10.5. The Balaban J connectivity index is 0.000000235. The van der Waals surface area contributed by atoms with Gasteiger partial charge in [0, 0.05) is 79.1 Å². The summed E-state index contributed by atoms with van der Waals surface area (Å²) >= 11 is 12.2. The lowest BCUT2D eigenvalue weighted by Crippen LogP contribution is -2.50. The molecule has 0 spiro atoms. The van der Waals surface area contributed by atoms with Crippen molar-refractivity contribution in [3.63, 3.8) is 0 Å². The van der Waals surface area contributed by atoms with Gasteiger partial charge in [0.1, 0.15) is 0 Å². The van der Waals surface area contributed by atoms with E-state index in [0.29, 0.717) is 77.4 Å². The van der Waals surface area contributed by atoms with Gasteiger partial charge in [-0.05, 0) is 152 Å². The lowest BCUT2D eigenvalue weighted by Gasteiger charge is -2.31. The zero-order valence-corrected chi connectivity index (χ0v) is 44.8. The van der Waals surface area contributed by atoms with Crippen LogP contribution in [0.3, 0.4) is 0 Å². The van der Waals surface area contributed by atoms with Crippen LogP contribution in [0.4, 0.5) is 0 Å². The Kier molecular flexibility index (Phi) is 21.8. The first-order chi connectivity index (χ1) is 34.1. The van der Waals surface area contributed by atoms with Gasteiger partial charge in [0.15, 0.2) is 0 Å². The predicted octanol–water partition coefficient (Wildman–Crippen LogP) is 9.15. The van der Waals surface area contributed by atoms with Gasteiger partial charge in [-0.15, -0.1) is 0 Å². The predicted molar refractivity (Wildman–Crippen MR) is 292 cm³/mol. The van der Waals surface area contributed by atoms with Crippen molar-refractivity contribution < 1.29 is 19.2 Å². The SMILES string of the molecule is CC[C@@H](CN1CC[C@@H](CNC(=O)c2ccc3cc(Cl)ccc3c2)N[C@@H](CCN2CCCCC2)C1=O)C(C)C.CC[C@H](CN1CC[C@@H](CNC(=O)c2ccc3cc(Cl)ccc3c2)N[C@@H](CCN)C1=O)C(C)C. The average molecular weight is 1010 g/mol. The molecule has 3 heterocycles. The third-order valence-electron chi connectivity index (χ3n) is 15.2. The van der Waals surface area contributed by atoms with Crippen LogP contribution in [0.5, 0.6) is 0 Å². The van der Waals surface area contributed by atoms with Crippen molar-refractivity contribution in [2.45, 2.75) is 123 Å². The standard InChI is InChI=1S/C31H45ClN4O2.C26H37ClN4O2/c1-4-23(22(2)3)21-36-17-12-28(34-29(31(36)38)13-16-35-14-6-5-7-15-35)20-33-30(37)26-9-8-25-19-27(32)11-10-24(25)18-26;1-4-18(17(2)3)16-31-12-10-23(30-24(9-11-28)26(31)33)15-29-25(32)21-6-5-20-14-22(27)8-7-19(20)13-21/h8-11,18-19,22-23,28-29,34H,4-7,12-17,20-21H2,1-3H3,(H,33,37);5-8,13-14,17-18,23-24,30H,4,9-12,15-16,28H2,1-3H3,(H,29,32)/t23-,28-,29-;18-,23+,24+/m01/s1. The van der Waals surface area contributed by atoms with Gasteiger partial charge in [-0.1, -0.05) is 108 Å². The summed E-state index contributed by atoms with van der Waals surface area (Å²) in [6.07, 6.45) is 8.96. The molecular formula is C57H82Cl2N8O4. The highest BCUT2D eigenvalue weighted by molar-refractivity contribution is 6.31. The molecule has 4 aromatic rings. The third-order valence-corrected chi connectivity index (χ3v) is 15.7. The van der Waals surface area contributed by atoms with Crippen molar-refractivity contribution in [2.24, 2.45) is 29.4 Å². The van der Waals surface area contributed by atoms with E-state index in [1.807, 2.05) is 77.7 Å². The van der Waals surface area contributed by atoms with Crippen molar-refractivity contribution in [1.82, 2.24) is 36.0 Å². The first-order valence-corrected chi connectivity index (χ1v) is 27.4. The van der Waals surface area contributed by atoms with Crippen LogP contribution in [0.25, 0.3) is 21.5 Å². The maximum Gasteiger partial charge on any atom is 0.251 e. The van der Waals surface area contributed by atoms with E-state index >= 15 is 0 Å². The van der Waals surface area contributed by atoms with Gasteiger partial charge in [-0.25, -0.2) is 0 Å². The molecule has 71 heavy (non-hydrogen) atoms. The van der Waals surface area contributed by atoms with E-state index in [0.717, 1.165) is 92.9 Å². The summed E-state index contributed by atoms with van der Waals surface area (Å²) in [5, 5.41) is 18.6. The monoisotopic (exact) mass is 1010 g/mol. The van der Waals surface area contributed by atoms with E-state index in [9.17, 15) is 19.2 Å². The summed E-state index contributed by atoms with van der Waals surface area (Å²) in [6.45, 7) is 21.0. The Morgan fingerprint density at radius 1 is 0.620 bits per heavy atom. The molecule has 14 heteroatoms. The normalized spacial score (nSPS) is 21.2. The Labute approximate surface area is 433 Å². The minimum absolute atomic E-state index is 0.0119. The van der Waals surface area contributed by atoms with Crippen LogP contribution in [0.15, 0.2) is 72.8 Å². The molecule has 6 atom stereocenters. The Morgan fingerprint density at radius 2 is 1.04 bits per heavy atom. The molecule has 3 aliphatic rings. The second kappa shape index (κ2) is 27.7. The number of rotatable bonds is 19. The average Bonchev–Trinajstić information content (AvgIpc) is 3.61. The second-order valence-electron chi connectivity index (χ2n) is 20.9. The highest BCUT2D eigenvalue weighted by Crippen LogP contribution is 2.25. The zero-order chi connectivity index (χ0) is 51.0. The topological polar surface area (TPSA) is 152 Å². The number of hydrogen-bond donors (Lipinski definition) is 5. The van der Waals surface area contributed by atoms with Gasteiger partial charge >= 0.3 is 0 Å².